The standard InChI is InChI=1S/C19H27N5O3S/c1-14-12-15(8-9-17(14)27-4)28(25,26)22-16-13-20-19(21-18(16)23(2)3)24-10-6-5-7-11-24/h8-9,12-13,22H,5-7,10-11H2,1-4H3. The first-order valence-electron chi connectivity index (χ1n) is 9.28. The summed E-state index contributed by atoms with van der Waals surface area (Å²) < 4.78 is 33.6. The van der Waals surface area contributed by atoms with Gasteiger partial charge in [-0.15, -0.1) is 0 Å². The number of aryl methyl sites for hydroxylation is 1. The maximum Gasteiger partial charge on any atom is 0.262 e. The number of hydrogen-bond acceptors (Lipinski definition) is 7. The highest BCUT2D eigenvalue weighted by atomic mass is 32.2. The number of ether oxygens (including phenoxy) is 1. The van der Waals surface area contributed by atoms with Crippen LogP contribution in [0, 0.1) is 6.92 Å². The lowest BCUT2D eigenvalue weighted by Gasteiger charge is -2.28. The smallest absolute Gasteiger partial charge is 0.262 e. The number of piperidine rings is 1. The van der Waals surface area contributed by atoms with Crippen LogP contribution in [0.25, 0.3) is 0 Å². The zero-order chi connectivity index (χ0) is 20.3. The lowest BCUT2D eigenvalue weighted by atomic mass is 10.1. The van der Waals surface area contributed by atoms with Gasteiger partial charge in [0.2, 0.25) is 5.95 Å². The highest BCUT2D eigenvalue weighted by Gasteiger charge is 2.21. The molecule has 0 spiro atoms. The first kappa shape index (κ1) is 20.2. The van der Waals surface area contributed by atoms with Crippen molar-refractivity contribution in [1.29, 1.82) is 0 Å². The van der Waals surface area contributed by atoms with Crippen molar-refractivity contribution in [3.05, 3.63) is 30.0 Å². The van der Waals surface area contributed by atoms with Crippen LogP contribution in [0.15, 0.2) is 29.3 Å². The molecule has 0 aliphatic carbocycles. The van der Waals surface area contributed by atoms with Gasteiger partial charge in [0.15, 0.2) is 5.82 Å². The molecular weight excluding hydrogens is 378 g/mol. The van der Waals surface area contributed by atoms with Crippen LogP contribution in [0.5, 0.6) is 5.75 Å². The molecule has 8 nitrogen and oxygen atoms in total. The number of hydrogen-bond donors (Lipinski definition) is 1. The quantitative estimate of drug-likeness (QED) is 0.790. The zero-order valence-electron chi connectivity index (χ0n) is 16.8. The Morgan fingerprint density at radius 2 is 1.89 bits per heavy atom. The molecule has 1 N–H and O–H groups in total. The van der Waals surface area contributed by atoms with Crippen LogP contribution in [0.3, 0.4) is 0 Å². The molecule has 1 fully saturated rings. The van der Waals surface area contributed by atoms with E-state index in [1.54, 1.807) is 37.3 Å². The highest BCUT2D eigenvalue weighted by molar-refractivity contribution is 7.92. The summed E-state index contributed by atoms with van der Waals surface area (Å²) in [6.45, 7) is 3.64. The predicted octanol–water partition coefficient (Wildman–Crippen LogP) is 2.65. The van der Waals surface area contributed by atoms with Crippen molar-refractivity contribution >= 4 is 27.5 Å². The highest BCUT2D eigenvalue weighted by Crippen LogP contribution is 2.28. The summed E-state index contributed by atoms with van der Waals surface area (Å²) in [7, 11) is 1.44. The van der Waals surface area contributed by atoms with Gasteiger partial charge in [0.05, 0.1) is 18.2 Å². The van der Waals surface area contributed by atoms with E-state index in [0.29, 0.717) is 23.2 Å². The maximum absolute atomic E-state index is 12.9. The number of methoxy groups -OCH3 is 1. The summed E-state index contributed by atoms with van der Waals surface area (Å²) >= 11 is 0. The molecule has 3 rings (SSSR count). The maximum atomic E-state index is 12.9. The van der Waals surface area contributed by atoms with E-state index in [0.717, 1.165) is 31.5 Å². The molecule has 0 radical (unpaired) electrons. The largest absolute Gasteiger partial charge is 0.496 e. The third-order valence-corrected chi connectivity index (χ3v) is 6.10. The van der Waals surface area contributed by atoms with Crippen LogP contribution < -0.4 is 19.3 Å². The number of aromatic nitrogens is 2. The molecule has 2 aromatic rings. The number of sulfonamides is 1. The minimum atomic E-state index is -3.78. The van der Waals surface area contributed by atoms with Crippen molar-refractivity contribution in [2.45, 2.75) is 31.1 Å². The van der Waals surface area contributed by atoms with E-state index in [1.165, 1.54) is 12.5 Å². The van der Waals surface area contributed by atoms with Gasteiger partial charge < -0.3 is 14.5 Å². The van der Waals surface area contributed by atoms with E-state index in [-0.39, 0.29) is 4.90 Å². The summed E-state index contributed by atoms with van der Waals surface area (Å²) in [6, 6.07) is 4.75. The molecule has 0 unspecified atom stereocenters. The Morgan fingerprint density at radius 1 is 1.18 bits per heavy atom. The van der Waals surface area contributed by atoms with Crippen LogP contribution in [0.1, 0.15) is 24.8 Å². The molecule has 1 aliphatic rings. The van der Waals surface area contributed by atoms with Crippen LogP contribution in [0.2, 0.25) is 0 Å². The van der Waals surface area contributed by atoms with Crippen LogP contribution in [-0.2, 0) is 10.0 Å². The van der Waals surface area contributed by atoms with E-state index in [4.69, 9.17) is 4.74 Å². The van der Waals surface area contributed by atoms with Crippen molar-refractivity contribution in [3.8, 4) is 5.75 Å². The average molecular weight is 406 g/mol. The van der Waals surface area contributed by atoms with E-state index in [9.17, 15) is 8.42 Å². The molecule has 0 atom stereocenters. The van der Waals surface area contributed by atoms with Crippen molar-refractivity contribution in [3.63, 3.8) is 0 Å². The molecule has 1 saturated heterocycles. The number of anilines is 3. The first-order chi connectivity index (χ1) is 13.3. The van der Waals surface area contributed by atoms with Crippen LogP contribution in [-0.4, -0.2) is 52.7 Å². The number of rotatable bonds is 6. The summed E-state index contributed by atoms with van der Waals surface area (Å²) in [4.78, 5) is 13.1. The van der Waals surface area contributed by atoms with Crippen molar-refractivity contribution in [2.24, 2.45) is 0 Å². The number of nitrogens with zero attached hydrogens (tertiary/aromatic N) is 4. The summed E-state index contributed by atoms with van der Waals surface area (Å²) in [5, 5.41) is 0. The molecule has 0 saturated carbocycles. The molecule has 1 aromatic heterocycles. The van der Waals surface area contributed by atoms with Crippen LogP contribution in [0.4, 0.5) is 17.5 Å². The van der Waals surface area contributed by atoms with Gasteiger partial charge in [0, 0.05) is 27.2 Å². The van der Waals surface area contributed by atoms with Gasteiger partial charge in [-0.05, 0) is 49.9 Å². The Labute approximate surface area is 166 Å². The summed E-state index contributed by atoms with van der Waals surface area (Å²) in [6.07, 6.45) is 4.99. The van der Waals surface area contributed by atoms with Gasteiger partial charge >= 0.3 is 0 Å². The minimum absolute atomic E-state index is 0.163. The second-order valence-electron chi connectivity index (χ2n) is 7.09. The molecule has 2 heterocycles. The van der Waals surface area contributed by atoms with E-state index < -0.39 is 10.0 Å². The summed E-state index contributed by atoms with van der Waals surface area (Å²) in [5.74, 6) is 1.80. The Kier molecular flexibility index (Phi) is 5.93. The fourth-order valence-corrected chi connectivity index (χ4v) is 4.38. The molecular formula is C19H27N5O3S. The minimum Gasteiger partial charge on any atom is -0.496 e. The van der Waals surface area contributed by atoms with Gasteiger partial charge in [-0.25, -0.2) is 13.4 Å². The molecule has 1 aliphatic heterocycles. The monoisotopic (exact) mass is 405 g/mol. The number of nitrogens with one attached hydrogen (secondary N) is 1. The molecule has 0 amide bonds. The Morgan fingerprint density at radius 3 is 2.50 bits per heavy atom. The molecule has 152 valence electrons. The molecule has 28 heavy (non-hydrogen) atoms. The van der Waals surface area contributed by atoms with E-state index in [2.05, 4.69) is 19.6 Å². The fraction of sp³-hybridized carbons (Fsp3) is 0.474. The van der Waals surface area contributed by atoms with Gasteiger partial charge in [-0.2, -0.15) is 4.98 Å². The average Bonchev–Trinajstić information content (AvgIpc) is 2.68. The Hall–Kier alpha value is -2.55. The normalized spacial score (nSPS) is 14.6. The first-order valence-corrected chi connectivity index (χ1v) is 10.8. The van der Waals surface area contributed by atoms with Gasteiger partial charge in [-0.3, -0.25) is 4.72 Å². The van der Waals surface area contributed by atoms with Crippen molar-refractivity contribution < 1.29 is 13.2 Å². The predicted molar refractivity (Wildman–Crippen MR) is 111 cm³/mol. The molecule has 0 bridgehead atoms. The lowest BCUT2D eigenvalue weighted by molar-refractivity contribution is 0.411. The second-order valence-corrected chi connectivity index (χ2v) is 8.77. The fourth-order valence-electron chi connectivity index (χ4n) is 3.24. The van der Waals surface area contributed by atoms with Crippen molar-refractivity contribution in [1.82, 2.24) is 9.97 Å². The third kappa shape index (κ3) is 4.30. The topological polar surface area (TPSA) is 87.7 Å². The Balaban J connectivity index is 1.91. The van der Waals surface area contributed by atoms with E-state index in [1.807, 2.05) is 14.1 Å². The SMILES string of the molecule is COc1ccc(S(=O)(=O)Nc2cnc(N3CCCCC3)nc2N(C)C)cc1C. The third-order valence-electron chi connectivity index (χ3n) is 4.74. The van der Waals surface area contributed by atoms with E-state index >= 15 is 0 Å². The van der Waals surface area contributed by atoms with Crippen molar-refractivity contribution in [2.75, 3.05) is 48.8 Å². The van der Waals surface area contributed by atoms with Gasteiger partial charge in [0.1, 0.15) is 11.4 Å². The summed E-state index contributed by atoms with van der Waals surface area (Å²) in [5.41, 5.74) is 1.09. The zero-order valence-corrected chi connectivity index (χ0v) is 17.6. The Bertz CT molecular complexity index is 941. The molecule has 1 aromatic carbocycles. The van der Waals surface area contributed by atoms with Gasteiger partial charge in [-0.1, -0.05) is 0 Å². The van der Waals surface area contributed by atoms with Crippen LogP contribution >= 0.6 is 0 Å². The lowest BCUT2D eigenvalue weighted by Crippen LogP contribution is -2.31. The van der Waals surface area contributed by atoms with Gasteiger partial charge in [0.25, 0.3) is 10.0 Å². The number of benzene rings is 1. The second kappa shape index (κ2) is 8.22. The molecule has 9 heteroatoms.